The number of sulfone groups is 1. The molecule has 5 atom stereocenters. The Labute approximate surface area is 241 Å². The average Bonchev–Trinajstić information content (AvgIpc) is 3.78. The average molecular weight is 603 g/mol. The summed E-state index contributed by atoms with van der Waals surface area (Å²) in [4.78, 5) is 17.2. The molecule has 2 bridgehead atoms. The topological polar surface area (TPSA) is 117 Å². The van der Waals surface area contributed by atoms with E-state index < -0.39 is 56.2 Å². The Morgan fingerprint density at radius 1 is 1.00 bits per heavy atom. The molecule has 4 unspecified atom stereocenters. The van der Waals surface area contributed by atoms with Gasteiger partial charge in [0.05, 0.1) is 20.9 Å². The Hall–Kier alpha value is -2.92. The van der Waals surface area contributed by atoms with Crippen molar-refractivity contribution in [2.24, 2.45) is 11.8 Å². The van der Waals surface area contributed by atoms with Crippen molar-refractivity contribution < 1.29 is 32.2 Å². The Morgan fingerprint density at radius 2 is 1.71 bits per heavy atom. The van der Waals surface area contributed by atoms with E-state index in [0.29, 0.717) is 24.5 Å². The van der Waals surface area contributed by atoms with E-state index in [4.69, 9.17) is 11.6 Å². The minimum Gasteiger partial charge on any atom is -0.386 e. The molecule has 11 heteroatoms. The molecule has 0 radical (unpaired) electrons. The molecule has 3 aromatic rings. The van der Waals surface area contributed by atoms with Gasteiger partial charge in [0.25, 0.3) is 5.91 Å². The first-order valence-corrected chi connectivity index (χ1v) is 15.6. The van der Waals surface area contributed by atoms with Gasteiger partial charge in [-0.25, -0.2) is 17.2 Å². The molecule has 0 aliphatic heterocycles. The monoisotopic (exact) mass is 602 g/mol. The van der Waals surface area contributed by atoms with Gasteiger partial charge in [-0.1, -0.05) is 17.7 Å². The number of fused-ring (bicyclic) bond motifs is 2. The molecule has 1 heterocycles. The summed E-state index contributed by atoms with van der Waals surface area (Å²) in [6.07, 6.45) is 2.24. The molecule has 216 valence electrons. The summed E-state index contributed by atoms with van der Waals surface area (Å²) in [5.74, 6) is -3.47. The van der Waals surface area contributed by atoms with Crippen LogP contribution in [0.15, 0.2) is 59.5 Å². The van der Waals surface area contributed by atoms with Gasteiger partial charge in [0, 0.05) is 28.9 Å². The molecule has 3 saturated carbocycles. The van der Waals surface area contributed by atoms with Gasteiger partial charge in [0.15, 0.2) is 21.5 Å². The number of aliphatic hydroxyl groups excluding tert-OH is 1. The summed E-state index contributed by atoms with van der Waals surface area (Å²) in [6, 6.07) is 12.2. The number of aliphatic hydroxyl groups is 2. The zero-order valence-corrected chi connectivity index (χ0v) is 23.5. The lowest BCUT2D eigenvalue weighted by Gasteiger charge is -2.45. The number of aromatic nitrogens is 1. The Balaban J connectivity index is 1.23. The summed E-state index contributed by atoms with van der Waals surface area (Å²) in [6.45, 7) is 0. The number of nitrogens with one attached hydrogen (secondary N) is 1. The summed E-state index contributed by atoms with van der Waals surface area (Å²) in [7, 11) is -4.04. The summed E-state index contributed by atoms with van der Waals surface area (Å²) < 4.78 is 54.5. The first-order valence-electron chi connectivity index (χ1n) is 13.7. The van der Waals surface area contributed by atoms with Gasteiger partial charge >= 0.3 is 0 Å². The number of hydrogen-bond acceptors (Lipinski definition) is 6. The van der Waals surface area contributed by atoms with Crippen LogP contribution in [-0.4, -0.2) is 40.4 Å². The van der Waals surface area contributed by atoms with Crippen molar-refractivity contribution in [3.63, 3.8) is 0 Å². The number of rotatable bonds is 7. The molecule has 3 N–H and O–H groups in total. The van der Waals surface area contributed by atoms with E-state index >= 15 is 0 Å². The molecule has 0 spiro atoms. The summed E-state index contributed by atoms with van der Waals surface area (Å²) in [5.41, 5.74) is -0.219. The third-order valence-corrected chi connectivity index (χ3v) is 11.5. The van der Waals surface area contributed by atoms with Gasteiger partial charge in [-0.3, -0.25) is 9.78 Å². The number of pyridine rings is 1. The lowest BCUT2D eigenvalue weighted by Crippen LogP contribution is -2.52. The summed E-state index contributed by atoms with van der Waals surface area (Å²) >= 11 is 6.32. The van der Waals surface area contributed by atoms with Crippen LogP contribution in [0, 0.1) is 23.5 Å². The second kappa shape index (κ2) is 10.4. The molecule has 0 saturated heterocycles. The first kappa shape index (κ1) is 28.2. The van der Waals surface area contributed by atoms with Crippen molar-refractivity contribution in [2.45, 2.75) is 66.3 Å². The fourth-order valence-electron chi connectivity index (χ4n) is 6.53. The van der Waals surface area contributed by atoms with Gasteiger partial charge in [0.1, 0.15) is 11.7 Å². The number of hydrogen-bond donors (Lipinski definition) is 3. The molecule has 2 aromatic carbocycles. The zero-order valence-electron chi connectivity index (χ0n) is 21.9. The molecule has 1 amide bonds. The highest BCUT2D eigenvalue weighted by atomic mass is 35.5. The lowest BCUT2D eigenvalue weighted by molar-refractivity contribution is -0.145. The van der Waals surface area contributed by atoms with Crippen LogP contribution in [0.25, 0.3) is 0 Å². The Morgan fingerprint density at radius 3 is 2.37 bits per heavy atom. The minimum absolute atomic E-state index is 0.00659. The SMILES string of the molecule is O=C(Nc1ccc(F)c(F)c1)c1ccc(Cl)c(S(=O)(=O)C2CC3CC[C@@H](C2)C3(O)C(O)c2cccc(C3CC3)n2)c1. The largest absolute Gasteiger partial charge is 0.386 e. The standard InChI is InChI=1S/C30H29ClF2N2O5S/c31-22-10-6-17(29(37)34-20-9-11-23(32)24(33)15-20)12-27(22)41(39,40)21-13-18-7-8-19(14-21)30(18,38)28(36)26-3-1-2-25(35-26)16-4-5-16/h1-3,6,9-12,15-16,18-19,21,28,36,38H,4-5,7-8,13-14H2,(H,34,37)/t18-,19?,21?,28?,30?/m0/s1. The van der Waals surface area contributed by atoms with Crippen LogP contribution in [0.1, 0.15) is 72.3 Å². The van der Waals surface area contributed by atoms with Crippen molar-refractivity contribution in [1.82, 2.24) is 4.98 Å². The third kappa shape index (κ3) is 5.05. The van der Waals surface area contributed by atoms with E-state index in [1.165, 1.54) is 24.3 Å². The predicted octanol–water partition coefficient (Wildman–Crippen LogP) is 5.57. The number of nitrogens with zero attached hydrogens (tertiary/aromatic N) is 1. The van der Waals surface area contributed by atoms with Crippen LogP contribution in [0.4, 0.5) is 14.5 Å². The number of benzene rings is 2. The van der Waals surface area contributed by atoms with Crippen LogP contribution in [0.3, 0.4) is 0 Å². The highest BCUT2D eigenvalue weighted by Gasteiger charge is 2.59. The van der Waals surface area contributed by atoms with Crippen LogP contribution in [0.2, 0.25) is 5.02 Å². The third-order valence-electron chi connectivity index (χ3n) is 8.89. The highest BCUT2D eigenvalue weighted by molar-refractivity contribution is 7.92. The molecular formula is C30H29ClF2N2O5S. The maximum Gasteiger partial charge on any atom is 0.255 e. The quantitative estimate of drug-likeness (QED) is 0.326. The van der Waals surface area contributed by atoms with E-state index in [1.807, 2.05) is 12.1 Å². The maximum atomic E-state index is 13.9. The minimum atomic E-state index is -4.04. The van der Waals surface area contributed by atoms with Crippen molar-refractivity contribution in [1.29, 1.82) is 0 Å². The first-order chi connectivity index (χ1) is 19.5. The molecule has 6 rings (SSSR count). The fraction of sp³-hybridized carbons (Fsp3) is 0.400. The lowest BCUT2D eigenvalue weighted by atomic mass is 9.70. The van der Waals surface area contributed by atoms with Crippen LogP contribution < -0.4 is 5.32 Å². The van der Waals surface area contributed by atoms with Crippen molar-refractivity contribution in [3.05, 3.63) is 88.2 Å². The number of halogens is 3. The number of amides is 1. The number of anilines is 1. The van der Waals surface area contributed by atoms with Gasteiger partial charge < -0.3 is 15.5 Å². The fourth-order valence-corrected chi connectivity index (χ4v) is 8.93. The van der Waals surface area contributed by atoms with E-state index in [9.17, 15) is 32.2 Å². The molecule has 3 aliphatic rings. The van der Waals surface area contributed by atoms with Gasteiger partial charge in [-0.05, 0) is 92.8 Å². The van der Waals surface area contributed by atoms with Crippen molar-refractivity contribution >= 4 is 33.0 Å². The van der Waals surface area contributed by atoms with Gasteiger partial charge in [-0.15, -0.1) is 0 Å². The molecule has 41 heavy (non-hydrogen) atoms. The molecule has 3 aliphatic carbocycles. The Kier molecular flexibility index (Phi) is 7.17. The number of carbonyl (C=O) groups excluding carboxylic acids is 1. The van der Waals surface area contributed by atoms with E-state index in [-0.39, 0.29) is 34.0 Å². The van der Waals surface area contributed by atoms with E-state index in [1.54, 1.807) is 6.07 Å². The van der Waals surface area contributed by atoms with Gasteiger partial charge in [-0.2, -0.15) is 0 Å². The normalized spacial score (nSPS) is 26.5. The second-order valence-electron chi connectivity index (χ2n) is 11.4. The highest BCUT2D eigenvalue weighted by Crippen LogP contribution is 2.56. The van der Waals surface area contributed by atoms with Crippen molar-refractivity contribution in [3.8, 4) is 0 Å². The predicted molar refractivity (Wildman–Crippen MR) is 148 cm³/mol. The van der Waals surface area contributed by atoms with Crippen LogP contribution in [-0.2, 0) is 9.84 Å². The summed E-state index contributed by atoms with van der Waals surface area (Å²) in [5, 5.41) is 24.7. The van der Waals surface area contributed by atoms with E-state index in [2.05, 4.69) is 10.3 Å². The van der Waals surface area contributed by atoms with Crippen LogP contribution >= 0.6 is 11.6 Å². The van der Waals surface area contributed by atoms with Crippen LogP contribution in [0.5, 0.6) is 0 Å². The number of carbonyl (C=O) groups is 1. The molecule has 7 nitrogen and oxygen atoms in total. The van der Waals surface area contributed by atoms with E-state index in [0.717, 1.165) is 30.7 Å². The molecule has 1 aromatic heterocycles. The second-order valence-corrected chi connectivity index (χ2v) is 14.0. The molecular weight excluding hydrogens is 574 g/mol. The smallest absolute Gasteiger partial charge is 0.255 e. The van der Waals surface area contributed by atoms with Gasteiger partial charge in [0.2, 0.25) is 0 Å². The van der Waals surface area contributed by atoms with Crippen molar-refractivity contribution in [2.75, 3.05) is 5.32 Å². The maximum absolute atomic E-state index is 13.9. The zero-order chi connectivity index (χ0) is 29.1. The Bertz CT molecular complexity index is 1620. The molecule has 3 fully saturated rings.